The topological polar surface area (TPSA) is 65.8 Å². The van der Waals surface area contributed by atoms with Gasteiger partial charge < -0.3 is 18.9 Å². The van der Waals surface area contributed by atoms with E-state index in [2.05, 4.69) is 37.7 Å². The van der Waals surface area contributed by atoms with Crippen LogP contribution in [-0.2, 0) is 18.8 Å². The molecule has 0 aromatic carbocycles. The number of hydrogen-bond donors (Lipinski definition) is 0. The average Bonchev–Trinajstić information content (AvgIpc) is 3.15. The molecule has 8 heteroatoms. The molecule has 7 nitrogen and oxygen atoms in total. The lowest BCUT2D eigenvalue weighted by Crippen LogP contribution is -2.41. The van der Waals surface area contributed by atoms with Crippen LogP contribution in [0.25, 0.3) is 0 Å². The van der Waals surface area contributed by atoms with Crippen LogP contribution in [0.2, 0.25) is 0 Å². The normalized spacial score (nSPS) is 24.7. The Morgan fingerprint density at radius 3 is 2.55 bits per heavy atom. The van der Waals surface area contributed by atoms with E-state index >= 15 is 0 Å². The van der Waals surface area contributed by atoms with E-state index in [4.69, 9.17) is 14.0 Å². The van der Waals surface area contributed by atoms with Gasteiger partial charge in [-0.3, -0.25) is 9.48 Å². The van der Waals surface area contributed by atoms with E-state index in [1.54, 1.807) is 0 Å². The highest BCUT2D eigenvalue weighted by Gasteiger charge is 2.52. The first kappa shape index (κ1) is 22.3. The molecule has 1 aromatic rings. The maximum atomic E-state index is 12.0. The number of ether oxygens (including phenoxy) is 1. The summed E-state index contributed by atoms with van der Waals surface area (Å²) in [5.74, 6) is -0.137. The zero-order chi connectivity index (χ0) is 21.4. The van der Waals surface area contributed by atoms with Crippen LogP contribution in [0.3, 0.4) is 0 Å². The number of aromatic nitrogens is 2. The fourth-order valence-electron chi connectivity index (χ4n) is 3.75. The summed E-state index contributed by atoms with van der Waals surface area (Å²) in [6, 6.07) is 0.290. The van der Waals surface area contributed by atoms with Crippen molar-refractivity contribution in [1.29, 1.82) is 0 Å². The zero-order valence-electron chi connectivity index (χ0n) is 19.0. The predicted octanol–water partition coefficient (Wildman–Crippen LogP) is 2.55. The third-order valence-corrected chi connectivity index (χ3v) is 6.05. The minimum Gasteiger partial charge on any atom is -0.460 e. The van der Waals surface area contributed by atoms with Gasteiger partial charge in [0.15, 0.2) is 0 Å². The molecule has 0 amide bonds. The van der Waals surface area contributed by atoms with E-state index < -0.39 is 5.60 Å². The molecular weight excluding hydrogens is 369 g/mol. The largest absolute Gasteiger partial charge is 0.498 e. The Labute approximate surface area is 175 Å². The molecule has 2 saturated heterocycles. The maximum Gasteiger partial charge on any atom is 0.498 e. The highest BCUT2D eigenvalue weighted by Crippen LogP contribution is 2.36. The van der Waals surface area contributed by atoms with Crippen molar-refractivity contribution in [2.24, 2.45) is 0 Å². The molecule has 2 fully saturated rings. The van der Waals surface area contributed by atoms with Gasteiger partial charge in [0, 0.05) is 30.9 Å². The van der Waals surface area contributed by atoms with Gasteiger partial charge in [-0.1, -0.05) is 0 Å². The zero-order valence-corrected chi connectivity index (χ0v) is 19.0. The van der Waals surface area contributed by atoms with Crippen LogP contribution >= 0.6 is 0 Å². The second-order valence-electron chi connectivity index (χ2n) is 10.3. The van der Waals surface area contributed by atoms with Gasteiger partial charge >= 0.3 is 13.1 Å². The summed E-state index contributed by atoms with van der Waals surface area (Å²) in [6.45, 7) is 16.5. The molecule has 2 aliphatic heterocycles. The van der Waals surface area contributed by atoms with Crippen molar-refractivity contribution in [1.82, 2.24) is 14.7 Å². The molecule has 29 heavy (non-hydrogen) atoms. The number of likely N-dealkylation sites (tertiary alicyclic amines) is 1. The van der Waals surface area contributed by atoms with Crippen LogP contribution in [0.5, 0.6) is 0 Å². The molecule has 0 spiro atoms. The highest BCUT2D eigenvalue weighted by molar-refractivity contribution is 6.62. The minimum atomic E-state index is -0.430. The molecule has 0 radical (unpaired) electrons. The van der Waals surface area contributed by atoms with Gasteiger partial charge in [0.25, 0.3) is 0 Å². The fraction of sp³-hybridized carbons (Fsp3) is 0.810. The molecule has 162 valence electrons. The molecule has 1 unspecified atom stereocenters. The van der Waals surface area contributed by atoms with Crippen LogP contribution in [0.15, 0.2) is 12.4 Å². The van der Waals surface area contributed by atoms with Crippen molar-refractivity contribution in [2.75, 3.05) is 19.6 Å². The lowest BCUT2D eigenvalue weighted by molar-refractivity contribution is -0.155. The van der Waals surface area contributed by atoms with E-state index in [1.807, 2.05) is 37.8 Å². The summed E-state index contributed by atoms with van der Waals surface area (Å²) in [7, 11) is -0.388. The molecule has 0 aliphatic carbocycles. The molecular formula is C21H36BN3O4. The number of hydrogen-bond acceptors (Lipinski definition) is 6. The summed E-state index contributed by atoms with van der Waals surface area (Å²) in [4.78, 5) is 14.3. The van der Waals surface area contributed by atoms with Crippen LogP contribution < -0.4 is 5.46 Å². The molecule has 0 bridgehead atoms. The third kappa shape index (κ3) is 5.41. The minimum absolute atomic E-state index is 0.137. The Morgan fingerprint density at radius 2 is 1.93 bits per heavy atom. The summed E-state index contributed by atoms with van der Waals surface area (Å²) in [5.41, 5.74) is -0.193. The summed E-state index contributed by atoms with van der Waals surface area (Å²) in [6.07, 6.45) is 6.48. The van der Waals surface area contributed by atoms with E-state index in [0.29, 0.717) is 12.5 Å². The molecule has 0 N–H and O–H groups in total. The molecule has 1 aromatic heterocycles. The number of esters is 1. The number of rotatable bonds is 5. The van der Waals surface area contributed by atoms with Gasteiger partial charge in [-0.05, 0) is 67.9 Å². The van der Waals surface area contributed by atoms with Crippen LogP contribution in [0.4, 0.5) is 0 Å². The summed E-state index contributed by atoms with van der Waals surface area (Å²) < 4.78 is 19.7. The third-order valence-electron chi connectivity index (χ3n) is 6.05. The van der Waals surface area contributed by atoms with Gasteiger partial charge in [-0.2, -0.15) is 5.10 Å². The van der Waals surface area contributed by atoms with Gasteiger partial charge in [0.05, 0.1) is 23.7 Å². The number of nitrogens with zero attached hydrogens (tertiary/aromatic N) is 3. The van der Waals surface area contributed by atoms with Gasteiger partial charge in [-0.25, -0.2) is 0 Å². The van der Waals surface area contributed by atoms with Crippen LogP contribution in [0, 0.1) is 0 Å². The van der Waals surface area contributed by atoms with Crippen LogP contribution in [0.1, 0.15) is 73.8 Å². The SMILES string of the molecule is CC(C)(C)OC(=O)CCN1CCCC(n2cc(B3OC(C)(C)C(C)(C)O3)cn2)C1. The van der Waals surface area contributed by atoms with Crippen molar-refractivity contribution in [3.8, 4) is 0 Å². The fourth-order valence-corrected chi connectivity index (χ4v) is 3.75. The summed E-state index contributed by atoms with van der Waals surface area (Å²) >= 11 is 0. The molecule has 0 saturated carbocycles. The molecule has 2 aliphatic rings. The second-order valence-corrected chi connectivity index (χ2v) is 10.3. The van der Waals surface area contributed by atoms with Gasteiger partial charge in [0.2, 0.25) is 0 Å². The Balaban J connectivity index is 1.56. The lowest BCUT2D eigenvalue weighted by Gasteiger charge is -2.32. The number of carbonyl (C=O) groups is 1. The first-order valence-corrected chi connectivity index (χ1v) is 10.7. The van der Waals surface area contributed by atoms with Gasteiger partial charge in [0.1, 0.15) is 5.60 Å². The smallest absolute Gasteiger partial charge is 0.460 e. The number of piperidine rings is 1. The van der Waals surface area contributed by atoms with E-state index in [9.17, 15) is 4.79 Å². The van der Waals surface area contributed by atoms with Crippen molar-refractivity contribution < 1.29 is 18.8 Å². The maximum absolute atomic E-state index is 12.0. The van der Waals surface area contributed by atoms with E-state index in [0.717, 1.165) is 37.9 Å². The second kappa shape index (κ2) is 8.04. The highest BCUT2D eigenvalue weighted by atomic mass is 16.7. The first-order chi connectivity index (χ1) is 13.4. The van der Waals surface area contributed by atoms with Crippen molar-refractivity contribution in [3.05, 3.63) is 12.4 Å². The standard InChI is InChI=1S/C21H36BN3O4/c1-19(2,3)27-18(26)10-12-24-11-8-9-17(15-24)25-14-16(13-23-25)22-28-20(4,5)21(6,7)29-22/h13-14,17H,8-12,15H2,1-7H3. The Morgan fingerprint density at radius 1 is 1.28 bits per heavy atom. The predicted molar refractivity (Wildman–Crippen MR) is 113 cm³/mol. The van der Waals surface area contributed by atoms with Crippen LogP contribution in [-0.4, -0.2) is 64.2 Å². The van der Waals surface area contributed by atoms with Crippen molar-refractivity contribution >= 4 is 18.6 Å². The Hall–Kier alpha value is -1.38. The van der Waals surface area contributed by atoms with E-state index in [-0.39, 0.29) is 24.3 Å². The lowest BCUT2D eigenvalue weighted by atomic mass is 9.82. The molecule has 3 rings (SSSR count). The number of carbonyl (C=O) groups excluding carboxylic acids is 1. The van der Waals surface area contributed by atoms with E-state index in [1.165, 1.54) is 0 Å². The molecule has 3 heterocycles. The first-order valence-electron chi connectivity index (χ1n) is 10.7. The van der Waals surface area contributed by atoms with Gasteiger partial charge in [-0.15, -0.1) is 0 Å². The Kier molecular flexibility index (Phi) is 6.19. The average molecular weight is 405 g/mol. The monoisotopic (exact) mass is 405 g/mol. The Bertz CT molecular complexity index is 710. The van der Waals surface area contributed by atoms with Crippen molar-refractivity contribution in [2.45, 2.75) is 90.6 Å². The van der Waals surface area contributed by atoms with Crippen molar-refractivity contribution in [3.63, 3.8) is 0 Å². The molecule has 1 atom stereocenters. The summed E-state index contributed by atoms with van der Waals surface area (Å²) in [5, 5.41) is 4.60. The quantitative estimate of drug-likeness (QED) is 0.554.